The molecule has 1 fully saturated rings. The van der Waals surface area contributed by atoms with E-state index in [9.17, 15) is 14.4 Å². The molecule has 3 N–H and O–H groups in total. The number of amides is 4. The predicted molar refractivity (Wildman–Crippen MR) is 118 cm³/mol. The number of likely N-dealkylation sites (tertiary alicyclic amines) is 1. The minimum absolute atomic E-state index is 0.0199. The van der Waals surface area contributed by atoms with E-state index in [1.807, 2.05) is 52.8 Å². The summed E-state index contributed by atoms with van der Waals surface area (Å²) in [5.74, 6) is -0.414. The van der Waals surface area contributed by atoms with Gasteiger partial charge in [-0.05, 0) is 64.5 Å². The molecule has 1 aliphatic heterocycles. The number of hydrogen-bond donors (Lipinski definition) is 3. The molecule has 1 saturated heterocycles. The number of hydrogen-bond acceptors (Lipinski definition) is 3. The van der Waals surface area contributed by atoms with Gasteiger partial charge in [0.25, 0.3) is 5.91 Å². The first kappa shape index (κ1) is 23.7. The van der Waals surface area contributed by atoms with Crippen LogP contribution < -0.4 is 16.0 Å². The summed E-state index contributed by atoms with van der Waals surface area (Å²) in [5, 5.41) is 8.87. The van der Waals surface area contributed by atoms with Crippen LogP contribution in [0.3, 0.4) is 0 Å². The Morgan fingerprint density at radius 1 is 1.13 bits per heavy atom. The van der Waals surface area contributed by atoms with Crippen LogP contribution in [-0.4, -0.2) is 54.0 Å². The van der Waals surface area contributed by atoms with Crippen LogP contribution in [0.15, 0.2) is 24.3 Å². The van der Waals surface area contributed by atoms with E-state index in [0.29, 0.717) is 38.0 Å². The molecular formula is C23H36N4O3. The van der Waals surface area contributed by atoms with Gasteiger partial charge in [0, 0.05) is 30.7 Å². The largest absolute Gasteiger partial charge is 0.354 e. The maximum absolute atomic E-state index is 12.9. The number of piperidine rings is 1. The van der Waals surface area contributed by atoms with Gasteiger partial charge in [0.05, 0.1) is 0 Å². The molecule has 7 nitrogen and oxygen atoms in total. The molecule has 1 atom stereocenters. The van der Waals surface area contributed by atoms with Crippen LogP contribution >= 0.6 is 0 Å². The molecule has 1 aromatic rings. The predicted octanol–water partition coefficient (Wildman–Crippen LogP) is 2.84. The number of nitrogens with one attached hydrogen (secondary N) is 3. The van der Waals surface area contributed by atoms with E-state index >= 15 is 0 Å². The molecule has 1 aromatic carbocycles. The molecule has 1 unspecified atom stereocenters. The quantitative estimate of drug-likeness (QED) is 0.666. The first-order valence-corrected chi connectivity index (χ1v) is 10.8. The van der Waals surface area contributed by atoms with Gasteiger partial charge in [-0.3, -0.25) is 9.59 Å². The SMILES string of the molecule is CCCNC(=O)C(NC(=O)c1ccccc1C)C1CCN(C(=O)NC(C)(C)C)CC1. The highest BCUT2D eigenvalue weighted by atomic mass is 16.2. The molecule has 0 aliphatic carbocycles. The first-order chi connectivity index (χ1) is 14.1. The molecule has 0 bridgehead atoms. The lowest BCUT2D eigenvalue weighted by Crippen LogP contribution is -2.55. The normalized spacial score (nSPS) is 16.0. The first-order valence-electron chi connectivity index (χ1n) is 10.8. The summed E-state index contributed by atoms with van der Waals surface area (Å²) in [6.07, 6.45) is 2.15. The Kier molecular flexibility index (Phi) is 8.26. The Balaban J connectivity index is 2.07. The number of urea groups is 1. The average Bonchev–Trinajstić information content (AvgIpc) is 2.69. The number of carbonyl (C=O) groups is 3. The monoisotopic (exact) mass is 416 g/mol. The highest BCUT2D eigenvalue weighted by Crippen LogP contribution is 2.22. The van der Waals surface area contributed by atoms with Crippen LogP contribution in [0.4, 0.5) is 4.79 Å². The van der Waals surface area contributed by atoms with Gasteiger partial charge in [-0.2, -0.15) is 0 Å². The second-order valence-corrected chi connectivity index (χ2v) is 9.06. The third-order valence-electron chi connectivity index (χ3n) is 5.29. The summed E-state index contributed by atoms with van der Waals surface area (Å²) < 4.78 is 0. The van der Waals surface area contributed by atoms with E-state index in [-0.39, 0.29) is 29.3 Å². The fourth-order valence-corrected chi connectivity index (χ4v) is 3.64. The van der Waals surface area contributed by atoms with Crippen LogP contribution in [0, 0.1) is 12.8 Å². The molecule has 0 spiro atoms. The van der Waals surface area contributed by atoms with E-state index in [0.717, 1.165) is 12.0 Å². The molecule has 30 heavy (non-hydrogen) atoms. The molecule has 0 saturated carbocycles. The van der Waals surface area contributed by atoms with E-state index in [1.165, 1.54) is 0 Å². The molecule has 4 amide bonds. The van der Waals surface area contributed by atoms with Gasteiger partial charge in [-0.15, -0.1) is 0 Å². The molecule has 166 valence electrons. The fraction of sp³-hybridized carbons (Fsp3) is 0.609. The van der Waals surface area contributed by atoms with Crippen LogP contribution in [0.2, 0.25) is 0 Å². The van der Waals surface area contributed by atoms with Crippen molar-refractivity contribution in [2.24, 2.45) is 5.92 Å². The summed E-state index contributed by atoms with van der Waals surface area (Å²) in [5.41, 5.74) is 1.15. The van der Waals surface area contributed by atoms with E-state index in [2.05, 4.69) is 16.0 Å². The lowest BCUT2D eigenvalue weighted by atomic mass is 9.88. The van der Waals surface area contributed by atoms with Crippen molar-refractivity contribution in [3.63, 3.8) is 0 Å². The van der Waals surface area contributed by atoms with Gasteiger partial charge >= 0.3 is 6.03 Å². The minimum atomic E-state index is -0.614. The van der Waals surface area contributed by atoms with Crippen LogP contribution in [0.1, 0.15) is 62.9 Å². The molecular weight excluding hydrogens is 380 g/mol. The summed E-state index contributed by atoms with van der Waals surface area (Å²) in [6, 6.07) is 6.66. The zero-order valence-corrected chi connectivity index (χ0v) is 18.9. The number of aryl methyl sites for hydroxylation is 1. The highest BCUT2D eigenvalue weighted by Gasteiger charge is 2.34. The zero-order valence-electron chi connectivity index (χ0n) is 18.9. The maximum Gasteiger partial charge on any atom is 0.317 e. The lowest BCUT2D eigenvalue weighted by Gasteiger charge is -2.37. The average molecular weight is 417 g/mol. The van der Waals surface area contributed by atoms with Gasteiger partial charge in [0.2, 0.25) is 5.91 Å². The van der Waals surface area contributed by atoms with Crippen LogP contribution in [0.5, 0.6) is 0 Å². The Hall–Kier alpha value is -2.57. The summed E-state index contributed by atoms with van der Waals surface area (Å²) in [4.78, 5) is 39.9. The van der Waals surface area contributed by atoms with Crippen LogP contribution in [0.25, 0.3) is 0 Å². The number of benzene rings is 1. The van der Waals surface area contributed by atoms with Gasteiger partial charge < -0.3 is 20.9 Å². The number of carbonyl (C=O) groups excluding carboxylic acids is 3. The summed E-state index contributed by atoms with van der Waals surface area (Å²) in [7, 11) is 0. The third-order valence-corrected chi connectivity index (χ3v) is 5.29. The number of rotatable bonds is 6. The van der Waals surface area contributed by atoms with Crippen molar-refractivity contribution in [3.05, 3.63) is 35.4 Å². The standard InChI is InChI=1S/C23H36N4O3/c1-6-13-24-21(29)19(25-20(28)18-10-8-7-9-16(18)2)17-11-14-27(15-12-17)22(30)26-23(3,4)5/h7-10,17,19H,6,11-15H2,1-5H3,(H,24,29)(H,25,28)(H,26,30). The van der Waals surface area contributed by atoms with Crippen LogP contribution in [-0.2, 0) is 4.79 Å². The van der Waals surface area contributed by atoms with Gasteiger partial charge in [-0.25, -0.2) is 4.79 Å². The molecule has 1 aliphatic rings. The van der Waals surface area contributed by atoms with E-state index < -0.39 is 6.04 Å². The number of nitrogens with zero attached hydrogens (tertiary/aromatic N) is 1. The lowest BCUT2D eigenvalue weighted by molar-refractivity contribution is -0.124. The van der Waals surface area contributed by atoms with E-state index in [4.69, 9.17) is 0 Å². The van der Waals surface area contributed by atoms with Gasteiger partial charge in [0.1, 0.15) is 6.04 Å². The van der Waals surface area contributed by atoms with Crippen molar-refractivity contribution in [2.45, 2.75) is 65.5 Å². The highest BCUT2D eigenvalue weighted by molar-refractivity contribution is 5.98. The molecule has 0 radical (unpaired) electrons. The maximum atomic E-state index is 12.9. The van der Waals surface area contributed by atoms with E-state index in [1.54, 1.807) is 11.0 Å². The van der Waals surface area contributed by atoms with Crippen molar-refractivity contribution in [1.82, 2.24) is 20.9 Å². The Labute approximate surface area is 180 Å². The van der Waals surface area contributed by atoms with Crippen molar-refractivity contribution < 1.29 is 14.4 Å². The summed E-state index contributed by atoms with van der Waals surface area (Å²) >= 11 is 0. The smallest absolute Gasteiger partial charge is 0.317 e. The van der Waals surface area contributed by atoms with Gasteiger partial charge in [0.15, 0.2) is 0 Å². The second kappa shape index (κ2) is 10.5. The Bertz CT molecular complexity index is 749. The molecule has 2 rings (SSSR count). The van der Waals surface area contributed by atoms with Gasteiger partial charge in [-0.1, -0.05) is 25.1 Å². The fourth-order valence-electron chi connectivity index (χ4n) is 3.64. The van der Waals surface area contributed by atoms with Crippen molar-refractivity contribution in [3.8, 4) is 0 Å². The summed E-state index contributed by atoms with van der Waals surface area (Å²) in [6.45, 7) is 11.4. The Morgan fingerprint density at radius 3 is 2.33 bits per heavy atom. The topological polar surface area (TPSA) is 90.5 Å². The minimum Gasteiger partial charge on any atom is -0.354 e. The van der Waals surface area contributed by atoms with Crippen molar-refractivity contribution in [2.75, 3.05) is 19.6 Å². The third kappa shape index (κ3) is 6.75. The molecule has 0 aromatic heterocycles. The Morgan fingerprint density at radius 2 is 1.77 bits per heavy atom. The van der Waals surface area contributed by atoms with Crippen molar-refractivity contribution in [1.29, 1.82) is 0 Å². The van der Waals surface area contributed by atoms with Crippen molar-refractivity contribution >= 4 is 17.8 Å². The molecule has 7 heteroatoms. The zero-order chi connectivity index (χ0) is 22.3. The molecule has 1 heterocycles. The second-order valence-electron chi connectivity index (χ2n) is 9.06.